The number of carbonyl (C=O) groups is 3. The fraction of sp³-hybridized carbons (Fsp3) is 0.250. The first-order valence-electron chi connectivity index (χ1n) is 14.1. The van der Waals surface area contributed by atoms with Gasteiger partial charge in [-0.3, -0.25) is 19.4 Å². The maximum Gasteiger partial charge on any atom is 0.335 e. The molecule has 2 aliphatic rings. The van der Waals surface area contributed by atoms with Crippen LogP contribution in [0, 0.1) is 11.6 Å². The third kappa shape index (κ3) is 8.31. The molecule has 0 atom stereocenters. The van der Waals surface area contributed by atoms with E-state index in [1.807, 2.05) is 0 Å². The topological polar surface area (TPSA) is 108 Å². The summed E-state index contributed by atoms with van der Waals surface area (Å²) in [6, 6.07) is 14.1. The van der Waals surface area contributed by atoms with Gasteiger partial charge < -0.3 is 19.9 Å². The highest BCUT2D eigenvalue weighted by atomic mass is 32.2. The zero-order chi connectivity index (χ0) is 31.9. The lowest BCUT2D eigenvalue weighted by Gasteiger charge is -2.26. The average Bonchev–Trinajstić information content (AvgIpc) is 3.28. The van der Waals surface area contributed by atoms with Gasteiger partial charge in [0.1, 0.15) is 28.3 Å². The molecule has 0 radical (unpaired) electrons. The van der Waals surface area contributed by atoms with Gasteiger partial charge in [-0.1, -0.05) is 30.0 Å². The molecule has 3 aromatic rings. The number of halogens is 2. The van der Waals surface area contributed by atoms with Gasteiger partial charge in [0.25, 0.3) is 5.91 Å². The Morgan fingerprint density at radius 1 is 1.04 bits per heavy atom. The van der Waals surface area contributed by atoms with Gasteiger partial charge in [0.15, 0.2) is 0 Å². The van der Waals surface area contributed by atoms with Gasteiger partial charge in [0.05, 0.1) is 23.7 Å². The summed E-state index contributed by atoms with van der Waals surface area (Å²) < 4.78 is 40.0. The van der Waals surface area contributed by atoms with Crippen LogP contribution in [0.3, 0.4) is 0 Å². The molecule has 9 nitrogen and oxygen atoms in total. The number of anilines is 1. The SMILES string of the molecule is O=C(CCN1C(=O)C(=Cc2cc(-c3ccc(F)cc3F)ccc2OCCN2CCOCC2)SC1=S)Nc1ccc(C(=O)O)cc1. The van der Waals surface area contributed by atoms with Crippen molar-refractivity contribution in [1.82, 2.24) is 9.80 Å². The lowest BCUT2D eigenvalue weighted by molar-refractivity contribution is -0.122. The lowest BCUT2D eigenvalue weighted by Crippen LogP contribution is -2.38. The van der Waals surface area contributed by atoms with E-state index in [0.29, 0.717) is 53.8 Å². The van der Waals surface area contributed by atoms with Crippen molar-refractivity contribution in [3.63, 3.8) is 0 Å². The summed E-state index contributed by atoms with van der Waals surface area (Å²) in [4.78, 5) is 40.8. The molecular formula is C32H29F2N3O6S2. The number of carbonyl (C=O) groups excluding carboxylic acids is 2. The molecule has 2 aliphatic heterocycles. The molecule has 2 heterocycles. The largest absolute Gasteiger partial charge is 0.492 e. The number of hydrogen-bond donors (Lipinski definition) is 2. The van der Waals surface area contributed by atoms with Crippen molar-refractivity contribution in [1.29, 1.82) is 0 Å². The minimum atomic E-state index is -1.07. The van der Waals surface area contributed by atoms with E-state index >= 15 is 0 Å². The number of nitrogens with zero attached hydrogens (tertiary/aromatic N) is 2. The summed E-state index contributed by atoms with van der Waals surface area (Å²) in [5.41, 5.74) is 1.71. The van der Waals surface area contributed by atoms with E-state index in [-0.39, 0.29) is 40.2 Å². The number of rotatable bonds is 11. The molecule has 2 fully saturated rings. The number of amides is 2. The predicted octanol–water partition coefficient (Wildman–Crippen LogP) is 5.27. The van der Waals surface area contributed by atoms with Crippen LogP contribution in [0.25, 0.3) is 17.2 Å². The van der Waals surface area contributed by atoms with Crippen LogP contribution in [0.15, 0.2) is 65.6 Å². The van der Waals surface area contributed by atoms with Gasteiger partial charge in [-0.05, 0) is 60.2 Å². The number of thiocarbonyl (C=S) groups is 1. The van der Waals surface area contributed by atoms with Crippen molar-refractivity contribution in [3.8, 4) is 16.9 Å². The summed E-state index contributed by atoms with van der Waals surface area (Å²) in [6.07, 6.45) is 1.58. The second-order valence-electron chi connectivity index (χ2n) is 10.2. The highest BCUT2D eigenvalue weighted by Crippen LogP contribution is 2.36. The highest BCUT2D eigenvalue weighted by molar-refractivity contribution is 8.26. The molecule has 13 heteroatoms. The molecule has 2 amide bonds. The maximum atomic E-state index is 14.6. The Morgan fingerprint density at radius 2 is 1.80 bits per heavy atom. The Hall–Kier alpha value is -4.17. The van der Waals surface area contributed by atoms with Gasteiger partial charge >= 0.3 is 5.97 Å². The third-order valence-electron chi connectivity index (χ3n) is 7.16. The summed E-state index contributed by atoms with van der Waals surface area (Å²) >= 11 is 6.52. The number of aromatic carboxylic acids is 1. The van der Waals surface area contributed by atoms with Gasteiger partial charge in [-0.25, -0.2) is 13.6 Å². The van der Waals surface area contributed by atoms with Crippen molar-refractivity contribution in [2.75, 3.05) is 51.3 Å². The van der Waals surface area contributed by atoms with Crippen LogP contribution in [-0.2, 0) is 14.3 Å². The summed E-state index contributed by atoms with van der Waals surface area (Å²) in [5, 5.41) is 11.7. The van der Waals surface area contributed by atoms with Gasteiger partial charge in [0.2, 0.25) is 5.91 Å². The van der Waals surface area contributed by atoms with Crippen LogP contribution in [-0.4, -0.2) is 83.0 Å². The van der Waals surface area contributed by atoms with E-state index in [0.717, 1.165) is 30.9 Å². The molecule has 2 N–H and O–H groups in total. The van der Waals surface area contributed by atoms with Crippen molar-refractivity contribution in [2.24, 2.45) is 0 Å². The molecule has 0 aliphatic carbocycles. The molecule has 0 bridgehead atoms. The first kappa shape index (κ1) is 32.2. The third-order valence-corrected chi connectivity index (χ3v) is 8.54. The molecule has 0 unspecified atom stereocenters. The summed E-state index contributed by atoms with van der Waals surface area (Å²) in [6.45, 7) is 4.00. The number of benzene rings is 3. The van der Waals surface area contributed by atoms with Crippen molar-refractivity contribution < 1.29 is 37.7 Å². The minimum absolute atomic E-state index is 0.0325. The molecule has 45 heavy (non-hydrogen) atoms. The van der Waals surface area contributed by atoms with Crippen LogP contribution in [0.5, 0.6) is 5.75 Å². The van der Waals surface area contributed by atoms with E-state index in [2.05, 4.69) is 10.2 Å². The second kappa shape index (κ2) is 14.7. The number of carboxylic acid groups (broad SMARTS) is 1. The average molecular weight is 654 g/mol. The number of ether oxygens (including phenoxy) is 2. The molecule has 0 spiro atoms. The molecule has 3 aromatic carbocycles. The Kier molecular flexibility index (Phi) is 10.6. The van der Waals surface area contributed by atoms with Crippen LogP contribution in [0.2, 0.25) is 0 Å². The van der Waals surface area contributed by atoms with E-state index in [1.165, 1.54) is 41.3 Å². The number of nitrogens with one attached hydrogen (secondary N) is 1. The maximum absolute atomic E-state index is 14.6. The number of thioether (sulfide) groups is 1. The standard InChI is InChI=1S/C32H29F2N3O6S2/c33-23-4-7-25(26(34)19-23)21-3-8-27(43-16-13-36-11-14-42-15-12-36)22(17-21)18-28-30(39)37(32(44)45-28)10-9-29(38)35-24-5-1-20(2-6-24)31(40)41/h1-8,17-19H,9-16H2,(H,35,38)(H,40,41). The molecule has 5 rings (SSSR count). The van der Waals surface area contributed by atoms with Crippen LogP contribution < -0.4 is 10.1 Å². The van der Waals surface area contributed by atoms with Gasteiger partial charge in [-0.15, -0.1) is 0 Å². The van der Waals surface area contributed by atoms with Crippen molar-refractivity contribution in [2.45, 2.75) is 6.42 Å². The van der Waals surface area contributed by atoms with E-state index in [1.54, 1.807) is 24.3 Å². The monoisotopic (exact) mass is 653 g/mol. The normalized spacial score (nSPS) is 16.3. The van der Waals surface area contributed by atoms with Crippen molar-refractivity contribution in [3.05, 3.63) is 88.3 Å². The quantitative estimate of drug-likeness (QED) is 0.211. The zero-order valence-electron chi connectivity index (χ0n) is 24.0. The first-order valence-corrected chi connectivity index (χ1v) is 15.3. The Morgan fingerprint density at radius 3 is 2.51 bits per heavy atom. The summed E-state index contributed by atoms with van der Waals surface area (Å²) in [7, 11) is 0. The molecule has 0 aromatic heterocycles. The minimum Gasteiger partial charge on any atom is -0.492 e. The summed E-state index contributed by atoms with van der Waals surface area (Å²) in [5.74, 6) is -2.76. The predicted molar refractivity (Wildman–Crippen MR) is 171 cm³/mol. The Balaban J connectivity index is 1.30. The smallest absolute Gasteiger partial charge is 0.335 e. The molecule has 2 saturated heterocycles. The fourth-order valence-corrected chi connectivity index (χ4v) is 6.06. The van der Waals surface area contributed by atoms with Crippen molar-refractivity contribution >= 4 is 57.8 Å². The fourth-order valence-electron chi connectivity index (χ4n) is 4.76. The van der Waals surface area contributed by atoms with Crippen LogP contribution in [0.1, 0.15) is 22.3 Å². The van der Waals surface area contributed by atoms with Gasteiger partial charge in [0, 0.05) is 55.5 Å². The second-order valence-corrected chi connectivity index (χ2v) is 11.9. The number of morpholine rings is 1. The Labute approximate surface area is 267 Å². The van der Waals surface area contributed by atoms with Crippen LogP contribution >= 0.6 is 24.0 Å². The Bertz CT molecular complexity index is 1640. The van der Waals surface area contributed by atoms with E-state index < -0.39 is 17.6 Å². The van der Waals surface area contributed by atoms with Crippen LogP contribution in [0.4, 0.5) is 14.5 Å². The molecule has 234 valence electrons. The first-order chi connectivity index (χ1) is 21.7. The molecular weight excluding hydrogens is 624 g/mol. The van der Waals surface area contributed by atoms with E-state index in [9.17, 15) is 23.2 Å². The zero-order valence-corrected chi connectivity index (χ0v) is 25.6. The highest BCUT2D eigenvalue weighted by Gasteiger charge is 2.32. The molecule has 0 saturated carbocycles. The number of hydrogen-bond acceptors (Lipinski definition) is 8. The lowest BCUT2D eigenvalue weighted by atomic mass is 10.0. The number of carboxylic acids is 1. The van der Waals surface area contributed by atoms with Gasteiger partial charge in [-0.2, -0.15) is 0 Å². The van der Waals surface area contributed by atoms with E-state index in [4.69, 9.17) is 26.8 Å².